The second kappa shape index (κ2) is 6.17. The van der Waals surface area contributed by atoms with Crippen LogP contribution in [0, 0.1) is 11.7 Å². The molecule has 2 aromatic rings. The van der Waals surface area contributed by atoms with Gasteiger partial charge >= 0.3 is 0 Å². The number of halogens is 1. The van der Waals surface area contributed by atoms with Crippen LogP contribution in [-0.2, 0) is 12.8 Å². The Morgan fingerprint density at radius 2 is 2.00 bits per heavy atom. The Bertz CT molecular complexity index is 609. The first-order chi connectivity index (χ1) is 10.3. The minimum Gasteiger partial charge on any atom is -0.492 e. The average molecular weight is 285 g/mol. The fourth-order valence-corrected chi connectivity index (χ4v) is 2.95. The predicted octanol–water partition coefficient (Wildman–Crippen LogP) is 4.05. The van der Waals surface area contributed by atoms with Crippen molar-refractivity contribution in [3.05, 3.63) is 59.4 Å². The van der Waals surface area contributed by atoms with Gasteiger partial charge in [-0.2, -0.15) is 0 Å². The molecule has 0 amide bonds. The molecule has 110 valence electrons. The van der Waals surface area contributed by atoms with Crippen molar-refractivity contribution in [3.63, 3.8) is 0 Å². The van der Waals surface area contributed by atoms with E-state index in [1.54, 1.807) is 0 Å². The molecule has 0 fully saturated rings. The first-order valence-electron chi connectivity index (χ1n) is 7.49. The summed E-state index contributed by atoms with van der Waals surface area (Å²) in [6.45, 7) is 3.60. The number of ether oxygens (including phenoxy) is 1. The predicted molar refractivity (Wildman–Crippen MR) is 83.4 cm³/mol. The van der Waals surface area contributed by atoms with Crippen molar-refractivity contribution in [2.24, 2.45) is 5.92 Å². The summed E-state index contributed by atoms with van der Waals surface area (Å²) in [6, 6.07) is 13.0. The van der Waals surface area contributed by atoms with Crippen molar-refractivity contribution in [3.8, 4) is 5.75 Å². The van der Waals surface area contributed by atoms with E-state index < -0.39 is 0 Å². The quantitative estimate of drug-likeness (QED) is 0.915. The Morgan fingerprint density at radius 3 is 2.76 bits per heavy atom. The maximum Gasteiger partial charge on any atom is 0.142 e. The lowest BCUT2D eigenvalue weighted by atomic mass is 9.88. The zero-order chi connectivity index (χ0) is 14.7. The SMILES string of the molecule is CCOc1cccc2c1NCC(Cc1ccc(F)cc1)C2. The van der Waals surface area contributed by atoms with E-state index >= 15 is 0 Å². The molecule has 1 aliphatic heterocycles. The lowest BCUT2D eigenvalue weighted by Gasteiger charge is -2.27. The maximum atomic E-state index is 13.0. The molecule has 0 aliphatic carbocycles. The van der Waals surface area contributed by atoms with Gasteiger partial charge in [-0.1, -0.05) is 24.3 Å². The van der Waals surface area contributed by atoms with Crippen molar-refractivity contribution in [2.45, 2.75) is 19.8 Å². The molecule has 2 nitrogen and oxygen atoms in total. The summed E-state index contributed by atoms with van der Waals surface area (Å²) < 4.78 is 18.6. The van der Waals surface area contributed by atoms with E-state index in [-0.39, 0.29) is 5.82 Å². The third kappa shape index (κ3) is 3.18. The van der Waals surface area contributed by atoms with Gasteiger partial charge < -0.3 is 10.1 Å². The molecule has 0 saturated carbocycles. The number of anilines is 1. The number of nitrogens with one attached hydrogen (secondary N) is 1. The van der Waals surface area contributed by atoms with Crippen LogP contribution in [0.5, 0.6) is 5.75 Å². The first kappa shape index (κ1) is 13.9. The number of fused-ring (bicyclic) bond motifs is 1. The third-order valence-corrected chi connectivity index (χ3v) is 3.93. The second-order valence-corrected chi connectivity index (χ2v) is 5.50. The van der Waals surface area contributed by atoms with Gasteiger partial charge in [-0.15, -0.1) is 0 Å². The van der Waals surface area contributed by atoms with E-state index in [4.69, 9.17) is 4.74 Å². The largest absolute Gasteiger partial charge is 0.492 e. The molecular formula is C18H20FNO. The number of benzene rings is 2. The monoisotopic (exact) mass is 285 g/mol. The van der Waals surface area contributed by atoms with E-state index in [1.807, 2.05) is 31.2 Å². The van der Waals surface area contributed by atoms with Crippen molar-refractivity contribution < 1.29 is 9.13 Å². The Balaban J connectivity index is 1.72. The molecule has 0 radical (unpaired) electrons. The smallest absolute Gasteiger partial charge is 0.142 e. The van der Waals surface area contributed by atoms with E-state index in [2.05, 4.69) is 11.4 Å². The number of para-hydroxylation sites is 1. The van der Waals surface area contributed by atoms with Crippen LogP contribution in [-0.4, -0.2) is 13.2 Å². The highest BCUT2D eigenvalue weighted by Crippen LogP contribution is 2.34. The fourth-order valence-electron chi connectivity index (χ4n) is 2.95. The van der Waals surface area contributed by atoms with Gasteiger partial charge in [0.2, 0.25) is 0 Å². The van der Waals surface area contributed by atoms with Crippen LogP contribution in [0.25, 0.3) is 0 Å². The van der Waals surface area contributed by atoms with Gasteiger partial charge in [0.05, 0.1) is 12.3 Å². The molecule has 0 aromatic heterocycles. The highest BCUT2D eigenvalue weighted by atomic mass is 19.1. The molecule has 1 heterocycles. The van der Waals surface area contributed by atoms with Gasteiger partial charge in [0, 0.05) is 6.54 Å². The third-order valence-electron chi connectivity index (χ3n) is 3.93. The Morgan fingerprint density at radius 1 is 1.19 bits per heavy atom. The fraction of sp³-hybridized carbons (Fsp3) is 0.333. The van der Waals surface area contributed by atoms with Gasteiger partial charge in [0.25, 0.3) is 0 Å². The standard InChI is InChI=1S/C18H20FNO/c1-2-21-17-5-3-4-15-11-14(12-20-18(15)17)10-13-6-8-16(19)9-7-13/h3-9,14,20H,2,10-12H2,1H3. The van der Waals surface area contributed by atoms with Crippen molar-refractivity contribution in [2.75, 3.05) is 18.5 Å². The van der Waals surface area contributed by atoms with Crippen molar-refractivity contribution in [1.29, 1.82) is 0 Å². The van der Waals surface area contributed by atoms with Gasteiger partial charge in [-0.25, -0.2) is 4.39 Å². The molecule has 3 rings (SSSR count). The lowest BCUT2D eigenvalue weighted by Crippen LogP contribution is -2.25. The van der Waals surface area contributed by atoms with Crippen LogP contribution < -0.4 is 10.1 Å². The number of rotatable bonds is 4. The van der Waals surface area contributed by atoms with E-state index in [9.17, 15) is 4.39 Å². The van der Waals surface area contributed by atoms with E-state index in [1.165, 1.54) is 23.3 Å². The minimum atomic E-state index is -0.174. The number of hydrogen-bond acceptors (Lipinski definition) is 2. The van der Waals surface area contributed by atoms with Crippen LogP contribution in [0.15, 0.2) is 42.5 Å². The lowest BCUT2D eigenvalue weighted by molar-refractivity contribution is 0.340. The molecule has 21 heavy (non-hydrogen) atoms. The molecular weight excluding hydrogens is 265 g/mol. The van der Waals surface area contributed by atoms with E-state index in [0.717, 1.165) is 30.8 Å². The second-order valence-electron chi connectivity index (χ2n) is 5.50. The molecule has 0 saturated heterocycles. The average Bonchev–Trinajstić information content (AvgIpc) is 2.50. The van der Waals surface area contributed by atoms with Crippen LogP contribution >= 0.6 is 0 Å². The van der Waals surface area contributed by atoms with Crippen LogP contribution in [0.2, 0.25) is 0 Å². The molecule has 1 atom stereocenters. The molecule has 3 heteroatoms. The normalized spacial score (nSPS) is 17.0. The van der Waals surface area contributed by atoms with Gasteiger partial charge in [-0.05, 0) is 55.0 Å². The van der Waals surface area contributed by atoms with Gasteiger partial charge in [0.1, 0.15) is 11.6 Å². The van der Waals surface area contributed by atoms with Crippen LogP contribution in [0.3, 0.4) is 0 Å². The Labute approximate surface area is 125 Å². The Kier molecular flexibility index (Phi) is 4.09. The highest BCUT2D eigenvalue weighted by Gasteiger charge is 2.21. The molecule has 0 bridgehead atoms. The zero-order valence-electron chi connectivity index (χ0n) is 12.2. The highest BCUT2D eigenvalue weighted by molar-refractivity contribution is 5.63. The zero-order valence-corrected chi connectivity index (χ0v) is 12.2. The van der Waals surface area contributed by atoms with Crippen molar-refractivity contribution in [1.82, 2.24) is 0 Å². The van der Waals surface area contributed by atoms with Gasteiger partial charge in [0.15, 0.2) is 0 Å². The summed E-state index contributed by atoms with van der Waals surface area (Å²) in [4.78, 5) is 0. The van der Waals surface area contributed by atoms with Crippen LogP contribution in [0.1, 0.15) is 18.1 Å². The molecule has 0 spiro atoms. The maximum absolute atomic E-state index is 13.0. The summed E-state index contributed by atoms with van der Waals surface area (Å²) in [5.74, 6) is 1.29. The summed E-state index contributed by atoms with van der Waals surface area (Å²) in [6.07, 6.45) is 1.99. The summed E-state index contributed by atoms with van der Waals surface area (Å²) in [5.41, 5.74) is 3.63. The van der Waals surface area contributed by atoms with E-state index in [0.29, 0.717) is 12.5 Å². The molecule has 1 N–H and O–H groups in total. The topological polar surface area (TPSA) is 21.3 Å². The summed E-state index contributed by atoms with van der Waals surface area (Å²) in [5, 5.41) is 3.50. The molecule has 2 aromatic carbocycles. The Hall–Kier alpha value is -2.03. The summed E-state index contributed by atoms with van der Waals surface area (Å²) >= 11 is 0. The summed E-state index contributed by atoms with van der Waals surface area (Å²) in [7, 11) is 0. The first-order valence-corrected chi connectivity index (χ1v) is 7.49. The van der Waals surface area contributed by atoms with Crippen LogP contribution in [0.4, 0.5) is 10.1 Å². The molecule has 1 unspecified atom stereocenters. The van der Waals surface area contributed by atoms with Gasteiger partial charge in [-0.3, -0.25) is 0 Å². The molecule has 1 aliphatic rings. The minimum absolute atomic E-state index is 0.174. The number of hydrogen-bond donors (Lipinski definition) is 1. The van der Waals surface area contributed by atoms with Crippen molar-refractivity contribution >= 4 is 5.69 Å².